The molecule has 2 aromatic heterocycles. The summed E-state index contributed by atoms with van der Waals surface area (Å²) in [6, 6.07) is 1.91. The Morgan fingerprint density at radius 2 is 2.28 bits per heavy atom. The van der Waals surface area contributed by atoms with Crippen LogP contribution < -0.4 is 11.3 Å². The highest BCUT2D eigenvalue weighted by Gasteiger charge is 2.14. The summed E-state index contributed by atoms with van der Waals surface area (Å²) in [5.41, 5.74) is 3.82. The first-order chi connectivity index (χ1) is 8.85. The molecular weight excluding hydrogens is 228 g/mol. The minimum Gasteiger partial charge on any atom is -0.335 e. The molecule has 0 radical (unpaired) electrons. The van der Waals surface area contributed by atoms with Gasteiger partial charge in [0, 0.05) is 31.6 Å². The number of rotatable bonds is 6. The highest BCUT2D eigenvalue weighted by atomic mass is 15.2. The molecule has 0 fully saturated rings. The van der Waals surface area contributed by atoms with Crippen molar-refractivity contribution in [3.63, 3.8) is 0 Å². The van der Waals surface area contributed by atoms with Crippen LogP contribution in [0.1, 0.15) is 30.8 Å². The van der Waals surface area contributed by atoms with Gasteiger partial charge >= 0.3 is 0 Å². The highest BCUT2D eigenvalue weighted by molar-refractivity contribution is 5.13. The van der Waals surface area contributed by atoms with Gasteiger partial charge in [-0.05, 0) is 18.1 Å². The van der Waals surface area contributed by atoms with Crippen LogP contribution in [0.2, 0.25) is 0 Å². The molecule has 96 valence electrons. The van der Waals surface area contributed by atoms with Crippen molar-refractivity contribution in [1.29, 1.82) is 0 Å². The minimum absolute atomic E-state index is 0.00138. The van der Waals surface area contributed by atoms with E-state index in [0.29, 0.717) is 0 Å². The topological polar surface area (TPSA) is 81.7 Å². The lowest BCUT2D eigenvalue weighted by Crippen LogP contribution is -2.30. The van der Waals surface area contributed by atoms with Crippen molar-refractivity contribution in [3.05, 3.63) is 42.2 Å². The molecule has 18 heavy (non-hydrogen) atoms. The Morgan fingerprint density at radius 1 is 1.39 bits per heavy atom. The van der Waals surface area contributed by atoms with E-state index in [2.05, 4.69) is 32.1 Å². The first-order valence-electron chi connectivity index (χ1n) is 6.08. The number of nitrogens with one attached hydrogen (secondary N) is 1. The number of imidazole rings is 1. The number of hydrogen-bond donors (Lipinski definition) is 2. The summed E-state index contributed by atoms with van der Waals surface area (Å²) in [7, 11) is 0. The number of nitrogens with two attached hydrogens (primary N) is 1. The van der Waals surface area contributed by atoms with Crippen LogP contribution in [0, 0.1) is 0 Å². The van der Waals surface area contributed by atoms with E-state index in [0.717, 1.165) is 30.8 Å². The van der Waals surface area contributed by atoms with Crippen molar-refractivity contribution in [2.75, 3.05) is 0 Å². The summed E-state index contributed by atoms with van der Waals surface area (Å²) in [5.74, 6) is 6.63. The maximum absolute atomic E-state index is 5.61. The maximum Gasteiger partial charge on any atom is 0.110 e. The molecule has 0 aliphatic heterocycles. The van der Waals surface area contributed by atoms with Crippen LogP contribution in [0.5, 0.6) is 0 Å². The van der Waals surface area contributed by atoms with Crippen LogP contribution >= 0.6 is 0 Å². The normalized spacial score (nSPS) is 12.6. The van der Waals surface area contributed by atoms with Gasteiger partial charge in [-0.3, -0.25) is 11.3 Å². The fraction of sp³-hybridized carbons (Fsp3) is 0.417. The molecule has 2 rings (SSSR count). The molecule has 0 aliphatic carbocycles. The molecule has 1 unspecified atom stereocenters. The van der Waals surface area contributed by atoms with E-state index in [9.17, 15) is 0 Å². The lowest BCUT2D eigenvalue weighted by Gasteiger charge is -2.16. The average molecular weight is 246 g/mol. The second kappa shape index (κ2) is 6.23. The Labute approximate surface area is 106 Å². The van der Waals surface area contributed by atoms with E-state index < -0.39 is 0 Å². The molecule has 2 aromatic rings. The molecule has 0 saturated carbocycles. The molecule has 0 bridgehead atoms. The number of hydrazine groups is 1. The van der Waals surface area contributed by atoms with Crippen LogP contribution in [0.15, 0.2) is 30.9 Å². The third kappa shape index (κ3) is 2.91. The van der Waals surface area contributed by atoms with Crippen molar-refractivity contribution in [2.24, 2.45) is 5.84 Å². The predicted molar refractivity (Wildman–Crippen MR) is 68.3 cm³/mol. The van der Waals surface area contributed by atoms with Crippen molar-refractivity contribution >= 4 is 0 Å². The van der Waals surface area contributed by atoms with Crippen LogP contribution in [0.3, 0.4) is 0 Å². The molecule has 3 N–H and O–H groups in total. The van der Waals surface area contributed by atoms with E-state index in [-0.39, 0.29) is 6.04 Å². The van der Waals surface area contributed by atoms with Crippen molar-refractivity contribution in [2.45, 2.75) is 32.4 Å². The number of aryl methyl sites for hydroxylation is 1. The van der Waals surface area contributed by atoms with E-state index in [1.807, 2.05) is 18.5 Å². The van der Waals surface area contributed by atoms with Gasteiger partial charge in [0.1, 0.15) is 5.82 Å². The van der Waals surface area contributed by atoms with E-state index in [4.69, 9.17) is 5.84 Å². The van der Waals surface area contributed by atoms with Crippen LogP contribution in [-0.4, -0.2) is 19.7 Å². The smallest absolute Gasteiger partial charge is 0.110 e. The Morgan fingerprint density at radius 3 is 2.94 bits per heavy atom. The second-order valence-electron chi connectivity index (χ2n) is 4.14. The third-order valence-electron chi connectivity index (χ3n) is 2.86. The third-order valence-corrected chi connectivity index (χ3v) is 2.86. The monoisotopic (exact) mass is 246 g/mol. The van der Waals surface area contributed by atoms with Gasteiger partial charge in [-0.1, -0.05) is 6.92 Å². The van der Waals surface area contributed by atoms with Crippen molar-refractivity contribution in [3.8, 4) is 0 Å². The van der Waals surface area contributed by atoms with Gasteiger partial charge < -0.3 is 4.57 Å². The maximum atomic E-state index is 5.61. The second-order valence-corrected chi connectivity index (χ2v) is 4.14. The fourth-order valence-corrected chi connectivity index (χ4v) is 1.94. The number of aromatic nitrogens is 4. The van der Waals surface area contributed by atoms with E-state index >= 15 is 0 Å². The molecule has 6 nitrogen and oxygen atoms in total. The van der Waals surface area contributed by atoms with E-state index in [1.165, 1.54) is 0 Å². The molecule has 2 heterocycles. The number of hydrogen-bond acceptors (Lipinski definition) is 5. The van der Waals surface area contributed by atoms with Gasteiger partial charge in [-0.2, -0.15) is 10.2 Å². The first-order valence-corrected chi connectivity index (χ1v) is 6.08. The molecule has 0 aliphatic rings. The molecule has 6 heteroatoms. The van der Waals surface area contributed by atoms with Gasteiger partial charge in [0.25, 0.3) is 0 Å². The first kappa shape index (κ1) is 12.7. The summed E-state index contributed by atoms with van der Waals surface area (Å²) >= 11 is 0. The molecular formula is C12H18N6. The highest BCUT2D eigenvalue weighted by Crippen LogP contribution is 2.15. The van der Waals surface area contributed by atoms with E-state index in [1.54, 1.807) is 12.4 Å². The Kier molecular flexibility index (Phi) is 4.38. The molecule has 0 amide bonds. The predicted octanol–water partition coefficient (Wildman–Crippen LogP) is 0.830. The van der Waals surface area contributed by atoms with Gasteiger partial charge in [0.05, 0.1) is 12.2 Å². The van der Waals surface area contributed by atoms with Gasteiger partial charge in [-0.15, -0.1) is 0 Å². The van der Waals surface area contributed by atoms with Crippen LogP contribution in [-0.2, 0) is 13.0 Å². The molecule has 0 spiro atoms. The largest absolute Gasteiger partial charge is 0.335 e. The van der Waals surface area contributed by atoms with Crippen molar-refractivity contribution < 1.29 is 0 Å². The Hall–Kier alpha value is -1.79. The fourth-order valence-electron chi connectivity index (χ4n) is 1.94. The lowest BCUT2D eigenvalue weighted by atomic mass is 10.1. The standard InChI is InChI=1S/C12H18N6/c1-2-6-18-7-5-14-12(18)8-11(17-13)10-3-4-15-16-9-10/h3-5,7,9,11,17H,2,6,8,13H2,1H3. The molecule has 0 saturated heterocycles. The quantitative estimate of drug-likeness (QED) is 0.583. The summed E-state index contributed by atoms with van der Waals surface area (Å²) in [6.07, 6.45) is 9.02. The summed E-state index contributed by atoms with van der Waals surface area (Å²) in [5, 5.41) is 7.64. The molecule has 0 aromatic carbocycles. The zero-order chi connectivity index (χ0) is 12.8. The average Bonchev–Trinajstić information content (AvgIpc) is 2.85. The number of nitrogens with zero attached hydrogens (tertiary/aromatic N) is 4. The SMILES string of the molecule is CCCn1ccnc1CC(NN)c1ccnnc1. The van der Waals surface area contributed by atoms with Crippen LogP contribution in [0.4, 0.5) is 0 Å². The van der Waals surface area contributed by atoms with Crippen molar-refractivity contribution in [1.82, 2.24) is 25.2 Å². The lowest BCUT2D eigenvalue weighted by molar-refractivity contribution is 0.515. The van der Waals surface area contributed by atoms with Crippen LogP contribution in [0.25, 0.3) is 0 Å². The Balaban J connectivity index is 2.13. The molecule has 1 atom stereocenters. The zero-order valence-electron chi connectivity index (χ0n) is 10.5. The van der Waals surface area contributed by atoms with Gasteiger partial charge in [0.15, 0.2) is 0 Å². The summed E-state index contributed by atoms with van der Waals surface area (Å²) in [6.45, 7) is 3.12. The zero-order valence-corrected chi connectivity index (χ0v) is 10.5. The van der Waals surface area contributed by atoms with Gasteiger partial charge in [0.2, 0.25) is 0 Å². The summed E-state index contributed by atoms with van der Waals surface area (Å²) < 4.78 is 2.15. The summed E-state index contributed by atoms with van der Waals surface area (Å²) in [4.78, 5) is 4.38. The minimum atomic E-state index is -0.00138. The Bertz CT molecular complexity index is 466. The van der Waals surface area contributed by atoms with Gasteiger partial charge in [-0.25, -0.2) is 4.98 Å².